The van der Waals surface area contributed by atoms with Crippen LogP contribution in [0.4, 0.5) is 5.69 Å². The lowest BCUT2D eigenvalue weighted by molar-refractivity contribution is 0.356. The minimum absolute atomic E-state index is 0.196. The van der Waals surface area contributed by atoms with Gasteiger partial charge in [-0.25, -0.2) is 12.7 Å². The zero-order chi connectivity index (χ0) is 15.8. The van der Waals surface area contributed by atoms with E-state index in [1.54, 1.807) is 20.0 Å². The third kappa shape index (κ3) is 3.51. The van der Waals surface area contributed by atoms with Crippen LogP contribution in [-0.2, 0) is 10.0 Å². The Morgan fingerprint density at radius 3 is 2.71 bits per heavy atom. The third-order valence-corrected chi connectivity index (χ3v) is 6.23. The molecular weight excluding hydrogens is 310 g/mol. The first-order chi connectivity index (χ1) is 9.71. The summed E-state index contributed by atoms with van der Waals surface area (Å²) in [5.41, 5.74) is 6.77. The molecule has 1 aromatic rings. The van der Waals surface area contributed by atoms with Crippen LogP contribution in [0.2, 0.25) is 5.02 Å². The van der Waals surface area contributed by atoms with Crippen LogP contribution < -0.4 is 5.73 Å². The van der Waals surface area contributed by atoms with E-state index in [2.05, 4.69) is 11.9 Å². The fourth-order valence-corrected chi connectivity index (χ4v) is 4.56. The van der Waals surface area contributed by atoms with Crippen LogP contribution in [0.1, 0.15) is 12.0 Å². The number of sulfonamides is 1. The monoisotopic (exact) mass is 331 g/mol. The summed E-state index contributed by atoms with van der Waals surface area (Å²) in [6.07, 6.45) is 1.02. The molecule has 0 radical (unpaired) electrons. The zero-order valence-electron chi connectivity index (χ0n) is 12.6. The summed E-state index contributed by atoms with van der Waals surface area (Å²) in [6, 6.07) is 3.04. The summed E-state index contributed by atoms with van der Waals surface area (Å²) in [4.78, 5) is 2.41. The predicted octanol–water partition coefficient (Wildman–Crippen LogP) is 1.80. The summed E-state index contributed by atoms with van der Waals surface area (Å²) in [5, 5.41) is 0.339. The Balaban J connectivity index is 2.25. The minimum Gasteiger partial charge on any atom is -0.398 e. The molecule has 2 rings (SSSR count). The Labute approximate surface area is 131 Å². The average molecular weight is 332 g/mol. The molecule has 1 unspecified atom stereocenters. The highest BCUT2D eigenvalue weighted by molar-refractivity contribution is 7.89. The molecule has 1 aromatic carbocycles. The molecule has 0 amide bonds. The molecule has 0 aliphatic carbocycles. The van der Waals surface area contributed by atoms with Gasteiger partial charge in [-0.05, 0) is 50.6 Å². The number of nitrogens with zero attached hydrogens (tertiary/aromatic N) is 2. The van der Waals surface area contributed by atoms with Gasteiger partial charge in [0, 0.05) is 30.8 Å². The number of rotatable bonds is 4. The van der Waals surface area contributed by atoms with Gasteiger partial charge in [0.25, 0.3) is 0 Å². The molecule has 0 aromatic heterocycles. The van der Waals surface area contributed by atoms with Crippen molar-refractivity contribution < 1.29 is 8.42 Å². The van der Waals surface area contributed by atoms with Crippen LogP contribution in [0, 0.1) is 12.8 Å². The van der Waals surface area contributed by atoms with E-state index in [-0.39, 0.29) is 4.90 Å². The fraction of sp³-hybridized carbons (Fsp3) is 0.571. The SMILES string of the molecule is Cc1c(N)cc(Cl)cc1S(=O)(=O)N(C)CC1CCN(C)C1. The molecule has 0 bridgehead atoms. The fourth-order valence-electron chi connectivity index (χ4n) is 2.75. The summed E-state index contributed by atoms with van der Waals surface area (Å²) in [7, 11) is 0.0979. The molecule has 1 heterocycles. The van der Waals surface area contributed by atoms with E-state index < -0.39 is 10.0 Å². The van der Waals surface area contributed by atoms with Crippen molar-refractivity contribution in [2.45, 2.75) is 18.2 Å². The first-order valence-electron chi connectivity index (χ1n) is 6.92. The van der Waals surface area contributed by atoms with Crippen LogP contribution in [0.3, 0.4) is 0 Å². The van der Waals surface area contributed by atoms with Gasteiger partial charge in [-0.15, -0.1) is 0 Å². The summed E-state index contributed by atoms with van der Waals surface area (Å²) in [5.74, 6) is 0.367. The Morgan fingerprint density at radius 2 is 2.14 bits per heavy atom. The van der Waals surface area contributed by atoms with Crippen LogP contribution in [0.25, 0.3) is 0 Å². The lowest BCUT2D eigenvalue weighted by Crippen LogP contribution is -2.33. The average Bonchev–Trinajstić information content (AvgIpc) is 2.79. The van der Waals surface area contributed by atoms with Crippen molar-refractivity contribution in [3.63, 3.8) is 0 Å². The molecule has 1 aliphatic rings. The van der Waals surface area contributed by atoms with Crippen molar-refractivity contribution in [3.05, 3.63) is 22.7 Å². The summed E-state index contributed by atoms with van der Waals surface area (Å²) >= 11 is 5.95. The van der Waals surface area contributed by atoms with Crippen molar-refractivity contribution in [2.24, 2.45) is 5.92 Å². The molecular formula is C14H22ClN3O2S. The molecule has 1 atom stereocenters. The van der Waals surface area contributed by atoms with Gasteiger partial charge in [0.15, 0.2) is 0 Å². The number of hydrogen-bond donors (Lipinski definition) is 1. The summed E-state index contributed by atoms with van der Waals surface area (Å²) in [6.45, 7) is 4.16. The van der Waals surface area contributed by atoms with Gasteiger partial charge < -0.3 is 10.6 Å². The highest BCUT2D eigenvalue weighted by Crippen LogP contribution is 2.28. The van der Waals surface area contributed by atoms with E-state index in [0.717, 1.165) is 19.5 Å². The zero-order valence-corrected chi connectivity index (χ0v) is 14.2. The molecule has 0 spiro atoms. The molecule has 118 valence electrons. The van der Waals surface area contributed by atoms with Crippen LogP contribution >= 0.6 is 11.6 Å². The van der Waals surface area contributed by atoms with E-state index in [4.69, 9.17) is 17.3 Å². The Bertz CT molecular complexity index is 633. The number of nitrogen functional groups attached to an aromatic ring is 1. The molecule has 7 heteroatoms. The van der Waals surface area contributed by atoms with Crippen molar-refractivity contribution in [1.29, 1.82) is 0 Å². The lowest BCUT2D eigenvalue weighted by Gasteiger charge is -2.22. The number of hydrogen-bond acceptors (Lipinski definition) is 4. The largest absolute Gasteiger partial charge is 0.398 e. The smallest absolute Gasteiger partial charge is 0.243 e. The predicted molar refractivity (Wildman–Crippen MR) is 86.0 cm³/mol. The van der Waals surface area contributed by atoms with Crippen molar-refractivity contribution in [2.75, 3.05) is 39.5 Å². The normalized spacial score (nSPS) is 20.3. The Morgan fingerprint density at radius 1 is 1.48 bits per heavy atom. The topological polar surface area (TPSA) is 66.6 Å². The second-order valence-electron chi connectivity index (χ2n) is 5.82. The lowest BCUT2D eigenvalue weighted by atomic mass is 10.1. The Kier molecular flexibility index (Phi) is 4.82. The van der Waals surface area contributed by atoms with Gasteiger partial charge in [0.05, 0.1) is 4.90 Å². The van der Waals surface area contributed by atoms with Gasteiger partial charge >= 0.3 is 0 Å². The molecule has 1 fully saturated rings. The van der Waals surface area contributed by atoms with Crippen molar-refractivity contribution in [3.8, 4) is 0 Å². The number of halogens is 1. The number of likely N-dealkylation sites (tertiary alicyclic amines) is 1. The molecule has 1 saturated heterocycles. The van der Waals surface area contributed by atoms with Gasteiger partial charge in [-0.2, -0.15) is 0 Å². The highest BCUT2D eigenvalue weighted by atomic mass is 35.5. The van der Waals surface area contributed by atoms with E-state index in [0.29, 0.717) is 28.7 Å². The van der Waals surface area contributed by atoms with E-state index >= 15 is 0 Å². The number of benzene rings is 1. The molecule has 1 aliphatic heterocycles. The molecule has 0 saturated carbocycles. The first-order valence-corrected chi connectivity index (χ1v) is 8.74. The molecule has 2 N–H and O–H groups in total. The van der Waals surface area contributed by atoms with Gasteiger partial charge in [0.2, 0.25) is 10.0 Å². The second-order valence-corrected chi connectivity index (χ2v) is 8.27. The number of nitrogens with two attached hydrogens (primary N) is 1. The summed E-state index contributed by atoms with van der Waals surface area (Å²) < 4.78 is 26.9. The van der Waals surface area contributed by atoms with E-state index in [1.807, 2.05) is 0 Å². The maximum absolute atomic E-state index is 12.7. The van der Waals surface area contributed by atoms with Crippen LogP contribution in [0.5, 0.6) is 0 Å². The van der Waals surface area contributed by atoms with Crippen LogP contribution in [-0.4, -0.2) is 51.4 Å². The van der Waals surface area contributed by atoms with Gasteiger partial charge in [0.1, 0.15) is 0 Å². The second kappa shape index (κ2) is 6.12. The van der Waals surface area contributed by atoms with E-state index in [1.165, 1.54) is 10.4 Å². The van der Waals surface area contributed by atoms with Crippen molar-refractivity contribution in [1.82, 2.24) is 9.21 Å². The first kappa shape index (κ1) is 16.5. The maximum atomic E-state index is 12.7. The quantitative estimate of drug-likeness (QED) is 0.854. The number of anilines is 1. The molecule has 21 heavy (non-hydrogen) atoms. The van der Waals surface area contributed by atoms with Gasteiger partial charge in [-0.1, -0.05) is 11.6 Å². The molecule has 5 nitrogen and oxygen atoms in total. The minimum atomic E-state index is -3.57. The maximum Gasteiger partial charge on any atom is 0.243 e. The Hall–Kier alpha value is -0.820. The third-order valence-electron chi connectivity index (χ3n) is 4.06. The van der Waals surface area contributed by atoms with Crippen LogP contribution in [0.15, 0.2) is 17.0 Å². The van der Waals surface area contributed by atoms with Gasteiger partial charge in [-0.3, -0.25) is 0 Å². The highest BCUT2D eigenvalue weighted by Gasteiger charge is 2.28. The van der Waals surface area contributed by atoms with Crippen molar-refractivity contribution >= 4 is 27.3 Å². The van der Waals surface area contributed by atoms with E-state index in [9.17, 15) is 8.42 Å². The standard InChI is InChI=1S/C14H22ClN3O2S/c1-10-13(16)6-12(15)7-14(10)21(19,20)18(3)9-11-4-5-17(2)8-11/h6-7,11H,4-5,8-9,16H2,1-3H3.